The topological polar surface area (TPSA) is 46.3 Å². The van der Waals surface area contributed by atoms with Gasteiger partial charge in [-0.05, 0) is 24.2 Å². The van der Waals surface area contributed by atoms with Crippen LogP contribution in [0.4, 0.5) is 0 Å². The molecule has 0 saturated heterocycles. The van der Waals surface area contributed by atoms with Gasteiger partial charge in [0.1, 0.15) is 0 Å². The van der Waals surface area contributed by atoms with Gasteiger partial charge in [-0.25, -0.2) is 0 Å². The first-order chi connectivity index (χ1) is 7.84. The van der Waals surface area contributed by atoms with E-state index in [-0.39, 0.29) is 28.8 Å². The Kier molecular flexibility index (Phi) is 5.86. The lowest BCUT2D eigenvalue weighted by Crippen LogP contribution is -2.45. The van der Waals surface area contributed by atoms with Crippen LogP contribution in [0.3, 0.4) is 0 Å². The van der Waals surface area contributed by atoms with Gasteiger partial charge < -0.3 is 10.6 Å². The Balaban J connectivity index is 4.41. The highest BCUT2D eigenvalue weighted by atomic mass is 16.2. The van der Waals surface area contributed by atoms with Crippen LogP contribution in [-0.2, 0) is 4.79 Å². The van der Waals surface area contributed by atoms with Crippen LogP contribution in [0, 0.1) is 10.8 Å². The molecule has 108 valence electrons. The molecule has 0 aliphatic rings. The Morgan fingerprint density at radius 3 is 1.94 bits per heavy atom. The van der Waals surface area contributed by atoms with Gasteiger partial charge in [0, 0.05) is 25.6 Å². The van der Waals surface area contributed by atoms with Crippen molar-refractivity contribution in [2.45, 2.75) is 73.4 Å². The van der Waals surface area contributed by atoms with E-state index in [1.165, 1.54) is 0 Å². The van der Waals surface area contributed by atoms with Crippen molar-refractivity contribution in [1.29, 1.82) is 0 Å². The van der Waals surface area contributed by atoms with E-state index in [0.717, 1.165) is 6.42 Å². The minimum absolute atomic E-state index is 0.0490. The van der Waals surface area contributed by atoms with Gasteiger partial charge in [0.05, 0.1) is 0 Å². The molecule has 0 aliphatic heterocycles. The van der Waals surface area contributed by atoms with E-state index in [1.54, 1.807) is 0 Å². The van der Waals surface area contributed by atoms with Gasteiger partial charge in [-0.1, -0.05) is 41.5 Å². The molecule has 18 heavy (non-hydrogen) atoms. The Labute approximate surface area is 113 Å². The zero-order valence-corrected chi connectivity index (χ0v) is 13.5. The molecule has 0 spiro atoms. The molecule has 0 rings (SSSR count). The van der Waals surface area contributed by atoms with Crippen LogP contribution in [0.15, 0.2) is 0 Å². The normalized spacial score (nSPS) is 16.3. The molecule has 2 atom stereocenters. The molecule has 0 aromatic heterocycles. The molecule has 3 nitrogen and oxygen atoms in total. The molecule has 3 heteroatoms. The summed E-state index contributed by atoms with van der Waals surface area (Å²) in [6.07, 6.45) is 1.31. The summed E-state index contributed by atoms with van der Waals surface area (Å²) in [7, 11) is 1.88. The van der Waals surface area contributed by atoms with Crippen LogP contribution in [-0.4, -0.2) is 29.9 Å². The van der Waals surface area contributed by atoms with Crippen LogP contribution in [0.5, 0.6) is 0 Å². The second-order valence-corrected chi connectivity index (χ2v) is 7.78. The average molecular weight is 256 g/mol. The van der Waals surface area contributed by atoms with Crippen molar-refractivity contribution >= 4 is 5.91 Å². The fourth-order valence-electron chi connectivity index (χ4n) is 2.02. The maximum atomic E-state index is 12.2. The van der Waals surface area contributed by atoms with E-state index in [2.05, 4.69) is 48.5 Å². The first kappa shape index (κ1) is 17.4. The maximum absolute atomic E-state index is 12.2. The largest absolute Gasteiger partial charge is 0.342 e. The van der Waals surface area contributed by atoms with Gasteiger partial charge in [0.2, 0.25) is 5.91 Å². The highest BCUT2D eigenvalue weighted by Crippen LogP contribution is 2.25. The third kappa shape index (κ3) is 6.39. The van der Waals surface area contributed by atoms with Gasteiger partial charge in [0.25, 0.3) is 0 Å². The molecular formula is C15H32N2O. The summed E-state index contributed by atoms with van der Waals surface area (Å²) in [6.45, 7) is 15.0. The Bertz CT molecular complexity index is 273. The number of carbonyl (C=O) groups excluding carboxylic acids is 1. The zero-order valence-electron chi connectivity index (χ0n) is 13.5. The smallest absolute Gasteiger partial charge is 0.224 e. The minimum atomic E-state index is -0.0490. The first-order valence-corrected chi connectivity index (χ1v) is 6.86. The Morgan fingerprint density at radius 1 is 1.17 bits per heavy atom. The molecule has 0 radical (unpaired) electrons. The van der Waals surface area contributed by atoms with Crippen LogP contribution in [0.2, 0.25) is 0 Å². The average Bonchev–Trinajstić information content (AvgIpc) is 2.10. The van der Waals surface area contributed by atoms with E-state index in [1.807, 2.05) is 11.9 Å². The fraction of sp³-hybridized carbons (Fsp3) is 0.933. The predicted octanol–water partition coefficient (Wildman–Crippen LogP) is 3.03. The molecule has 0 aliphatic carbocycles. The first-order valence-electron chi connectivity index (χ1n) is 6.86. The summed E-state index contributed by atoms with van der Waals surface area (Å²) in [5.41, 5.74) is 6.33. The van der Waals surface area contributed by atoms with Crippen molar-refractivity contribution < 1.29 is 4.79 Å². The second-order valence-electron chi connectivity index (χ2n) is 7.78. The highest BCUT2D eigenvalue weighted by Gasteiger charge is 2.28. The third-order valence-corrected chi connectivity index (χ3v) is 3.54. The minimum Gasteiger partial charge on any atom is -0.342 e. The van der Waals surface area contributed by atoms with Crippen LogP contribution < -0.4 is 5.73 Å². The van der Waals surface area contributed by atoms with Crippen molar-refractivity contribution in [3.8, 4) is 0 Å². The summed E-state index contributed by atoms with van der Waals surface area (Å²) < 4.78 is 0. The predicted molar refractivity (Wildman–Crippen MR) is 78.4 cm³/mol. The van der Waals surface area contributed by atoms with Crippen molar-refractivity contribution in [2.75, 3.05) is 7.05 Å². The number of hydrogen-bond donors (Lipinski definition) is 1. The van der Waals surface area contributed by atoms with E-state index in [0.29, 0.717) is 6.42 Å². The van der Waals surface area contributed by atoms with E-state index >= 15 is 0 Å². The van der Waals surface area contributed by atoms with Gasteiger partial charge in [-0.15, -0.1) is 0 Å². The Hall–Kier alpha value is -0.570. The monoisotopic (exact) mass is 256 g/mol. The molecule has 0 saturated carbocycles. The lowest BCUT2D eigenvalue weighted by atomic mass is 9.85. The molecule has 0 bridgehead atoms. The Morgan fingerprint density at radius 2 is 1.61 bits per heavy atom. The van der Waals surface area contributed by atoms with Crippen molar-refractivity contribution in [1.82, 2.24) is 4.90 Å². The van der Waals surface area contributed by atoms with Gasteiger partial charge in [-0.3, -0.25) is 4.79 Å². The van der Waals surface area contributed by atoms with E-state index in [9.17, 15) is 4.79 Å². The standard InChI is InChI=1S/C15H32N2O/c1-11(15(5,6)7)17(8)13(18)9-12(16)10-14(2,3)4/h11-12H,9-10,16H2,1-8H3. The lowest BCUT2D eigenvalue weighted by Gasteiger charge is -2.36. The summed E-state index contributed by atoms with van der Waals surface area (Å²) >= 11 is 0. The molecule has 2 N–H and O–H groups in total. The molecule has 0 aromatic carbocycles. The second kappa shape index (κ2) is 6.05. The van der Waals surface area contributed by atoms with E-state index < -0.39 is 0 Å². The quantitative estimate of drug-likeness (QED) is 0.840. The van der Waals surface area contributed by atoms with Gasteiger partial charge >= 0.3 is 0 Å². The third-order valence-electron chi connectivity index (χ3n) is 3.54. The molecule has 0 heterocycles. The number of rotatable bonds is 4. The fourth-order valence-corrected chi connectivity index (χ4v) is 2.02. The molecule has 0 aromatic rings. The van der Waals surface area contributed by atoms with Crippen LogP contribution in [0.1, 0.15) is 61.3 Å². The number of nitrogens with two attached hydrogens (primary N) is 1. The van der Waals surface area contributed by atoms with Crippen molar-refractivity contribution in [2.24, 2.45) is 16.6 Å². The highest BCUT2D eigenvalue weighted by molar-refractivity contribution is 5.76. The summed E-state index contributed by atoms with van der Waals surface area (Å²) in [4.78, 5) is 14.0. The molecule has 0 fully saturated rings. The van der Waals surface area contributed by atoms with Crippen LogP contribution in [0.25, 0.3) is 0 Å². The number of amides is 1. The zero-order chi connectivity index (χ0) is 14.7. The van der Waals surface area contributed by atoms with Crippen LogP contribution >= 0.6 is 0 Å². The van der Waals surface area contributed by atoms with Crippen molar-refractivity contribution in [3.63, 3.8) is 0 Å². The van der Waals surface area contributed by atoms with Gasteiger partial charge in [-0.2, -0.15) is 0 Å². The molecule has 2 unspecified atom stereocenters. The van der Waals surface area contributed by atoms with E-state index in [4.69, 9.17) is 5.73 Å². The van der Waals surface area contributed by atoms with Crippen molar-refractivity contribution in [3.05, 3.63) is 0 Å². The SMILES string of the molecule is CC(N(C)C(=O)CC(N)CC(C)(C)C)C(C)(C)C. The molecular weight excluding hydrogens is 224 g/mol. The lowest BCUT2D eigenvalue weighted by molar-refractivity contribution is -0.134. The summed E-state index contributed by atoms with van der Waals surface area (Å²) in [5.74, 6) is 0.147. The van der Waals surface area contributed by atoms with Gasteiger partial charge in [0.15, 0.2) is 0 Å². The summed E-state index contributed by atoms with van der Waals surface area (Å²) in [6, 6.07) is 0.166. The molecule has 1 amide bonds. The number of nitrogens with zero attached hydrogens (tertiary/aromatic N) is 1. The maximum Gasteiger partial charge on any atom is 0.224 e. The number of hydrogen-bond acceptors (Lipinski definition) is 2. The number of carbonyl (C=O) groups is 1. The summed E-state index contributed by atoms with van der Waals surface area (Å²) in [5, 5.41) is 0.